The third kappa shape index (κ3) is 3.03. The fourth-order valence-corrected chi connectivity index (χ4v) is 3.32. The van der Waals surface area contributed by atoms with E-state index >= 15 is 0 Å². The Balaban J connectivity index is 2.15. The van der Waals surface area contributed by atoms with Gasteiger partial charge in [-0.3, -0.25) is 4.79 Å². The molecule has 0 aromatic carbocycles. The Labute approximate surface area is 111 Å². The molecule has 17 heavy (non-hydrogen) atoms. The van der Waals surface area contributed by atoms with Gasteiger partial charge in [-0.1, -0.05) is 12.8 Å². The van der Waals surface area contributed by atoms with Crippen molar-refractivity contribution < 1.29 is 9.90 Å². The lowest BCUT2D eigenvalue weighted by atomic mass is 10.1. The molecule has 0 aliphatic carbocycles. The molecule has 1 aliphatic heterocycles. The zero-order chi connectivity index (χ0) is 12.3. The molecule has 1 aromatic heterocycles. The molecule has 0 saturated carbocycles. The van der Waals surface area contributed by atoms with Crippen LogP contribution in [0.15, 0.2) is 16.3 Å². The normalized spacial score (nSPS) is 21.3. The molecule has 2 rings (SSSR count). The molecule has 1 N–H and O–H groups in total. The van der Waals surface area contributed by atoms with Gasteiger partial charge in [0.1, 0.15) is 0 Å². The lowest BCUT2D eigenvalue weighted by Gasteiger charge is -2.28. The SMILES string of the molecule is O=C(c1cc(S)cs1)N1CCCCCC1CO. The highest BCUT2D eigenvalue weighted by Gasteiger charge is 2.26. The highest BCUT2D eigenvalue weighted by Crippen LogP contribution is 2.23. The number of amides is 1. The minimum atomic E-state index is -0.0181. The molecule has 94 valence electrons. The smallest absolute Gasteiger partial charge is 0.264 e. The molecule has 1 unspecified atom stereocenters. The molecule has 5 heteroatoms. The van der Waals surface area contributed by atoms with Crippen LogP contribution in [0, 0.1) is 0 Å². The van der Waals surface area contributed by atoms with Crippen LogP contribution in [0.25, 0.3) is 0 Å². The Morgan fingerprint density at radius 3 is 3.00 bits per heavy atom. The third-order valence-electron chi connectivity index (χ3n) is 3.15. The predicted molar refractivity (Wildman–Crippen MR) is 71.9 cm³/mol. The van der Waals surface area contributed by atoms with Gasteiger partial charge in [0.15, 0.2) is 0 Å². The maximum absolute atomic E-state index is 12.3. The van der Waals surface area contributed by atoms with Crippen LogP contribution in [0.1, 0.15) is 35.4 Å². The molecule has 0 spiro atoms. The van der Waals surface area contributed by atoms with Crippen molar-refractivity contribution in [2.24, 2.45) is 0 Å². The molecule has 0 bridgehead atoms. The highest BCUT2D eigenvalue weighted by molar-refractivity contribution is 7.80. The number of aliphatic hydroxyl groups is 1. The molecular weight excluding hydrogens is 254 g/mol. The Morgan fingerprint density at radius 2 is 2.35 bits per heavy atom. The molecule has 1 amide bonds. The predicted octanol–water partition coefficient (Wildman–Crippen LogP) is 2.41. The van der Waals surface area contributed by atoms with Crippen molar-refractivity contribution in [1.82, 2.24) is 4.90 Å². The molecule has 3 nitrogen and oxygen atoms in total. The topological polar surface area (TPSA) is 40.5 Å². The summed E-state index contributed by atoms with van der Waals surface area (Å²) in [6.45, 7) is 0.814. The average molecular weight is 271 g/mol. The molecule has 1 fully saturated rings. The fraction of sp³-hybridized carbons (Fsp3) is 0.583. The second-order valence-corrected chi connectivity index (χ2v) is 5.78. The molecule has 1 atom stereocenters. The fourth-order valence-electron chi connectivity index (χ4n) is 2.21. The van der Waals surface area contributed by atoms with Crippen molar-refractivity contribution in [1.29, 1.82) is 0 Å². The minimum absolute atomic E-state index is 0.0181. The first-order chi connectivity index (χ1) is 8.22. The zero-order valence-corrected chi connectivity index (χ0v) is 11.3. The number of aliphatic hydroxyl groups excluding tert-OH is 1. The Kier molecular flexibility index (Phi) is 4.48. The molecule has 1 saturated heterocycles. The van der Waals surface area contributed by atoms with E-state index in [0.717, 1.165) is 42.0 Å². The van der Waals surface area contributed by atoms with Gasteiger partial charge in [0.05, 0.1) is 17.5 Å². The van der Waals surface area contributed by atoms with Gasteiger partial charge >= 0.3 is 0 Å². The van der Waals surface area contributed by atoms with Crippen molar-refractivity contribution in [3.05, 3.63) is 16.3 Å². The van der Waals surface area contributed by atoms with E-state index < -0.39 is 0 Å². The van der Waals surface area contributed by atoms with Gasteiger partial charge in [0, 0.05) is 16.8 Å². The maximum Gasteiger partial charge on any atom is 0.264 e. The Hall–Kier alpha value is -0.520. The summed E-state index contributed by atoms with van der Waals surface area (Å²) >= 11 is 5.64. The Morgan fingerprint density at radius 1 is 1.53 bits per heavy atom. The van der Waals surface area contributed by atoms with Crippen LogP contribution in [0.2, 0.25) is 0 Å². The largest absolute Gasteiger partial charge is 0.394 e. The van der Waals surface area contributed by atoms with Gasteiger partial charge in [-0.2, -0.15) is 0 Å². The molecule has 2 heterocycles. The van der Waals surface area contributed by atoms with E-state index in [0.29, 0.717) is 0 Å². The molecule has 1 aliphatic rings. The van der Waals surface area contributed by atoms with E-state index in [1.807, 2.05) is 10.3 Å². The van der Waals surface area contributed by atoms with E-state index in [1.54, 1.807) is 6.07 Å². The number of hydrogen-bond donors (Lipinski definition) is 2. The quantitative estimate of drug-likeness (QED) is 0.811. The van der Waals surface area contributed by atoms with Gasteiger partial charge in [-0.15, -0.1) is 24.0 Å². The first-order valence-corrected chi connectivity index (χ1v) is 7.24. The summed E-state index contributed by atoms with van der Waals surface area (Å²) in [4.78, 5) is 15.7. The molecule has 1 aromatic rings. The second kappa shape index (κ2) is 5.89. The van der Waals surface area contributed by atoms with E-state index in [9.17, 15) is 9.90 Å². The number of carbonyl (C=O) groups is 1. The lowest BCUT2D eigenvalue weighted by Crippen LogP contribution is -2.41. The number of carbonyl (C=O) groups excluding carboxylic acids is 1. The average Bonchev–Trinajstić information content (AvgIpc) is 2.64. The van der Waals surface area contributed by atoms with Crippen LogP contribution < -0.4 is 0 Å². The van der Waals surface area contributed by atoms with Gasteiger partial charge in [0.25, 0.3) is 5.91 Å². The Bertz CT molecular complexity index is 392. The van der Waals surface area contributed by atoms with Crippen molar-refractivity contribution in [3.8, 4) is 0 Å². The number of thiophene rings is 1. The summed E-state index contributed by atoms with van der Waals surface area (Å²) in [5.41, 5.74) is 0. The van der Waals surface area contributed by atoms with Crippen molar-refractivity contribution in [3.63, 3.8) is 0 Å². The highest BCUT2D eigenvalue weighted by atomic mass is 32.1. The number of thiol groups is 1. The summed E-state index contributed by atoms with van der Waals surface area (Å²) in [5, 5.41) is 11.2. The second-order valence-electron chi connectivity index (χ2n) is 4.35. The van der Waals surface area contributed by atoms with Crippen LogP contribution in [-0.2, 0) is 0 Å². The third-order valence-corrected chi connectivity index (χ3v) is 4.50. The van der Waals surface area contributed by atoms with Crippen molar-refractivity contribution in [2.45, 2.75) is 36.6 Å². The van der Waals surface area contributed by atoms with Crippen molar-refractivity contribution >= 4 is 29.9 Å². The van der Waals surface area contributed by atoms with Gasteiger partial charge in [0.2, 0.25) is 0 Å². The van der Waals surface area contributed by atoms with Gasteiger partial charge < -0.3 is 10.0 Å². The maximum atomic E-state index is 12.3. The summed E-state index contributed by atoms with van der Waals surface area (Å²) in [5.74, 6) is 0.0382. The summed E-state index contributed by atoms with van der Waals surface area (Å²) in [7, 11) is 0. The summed E-state index contributed by atoms with van der Waals surface area (Å²) in [6.07, 6.45) is 4.17. The van der Waals surface area contributed by atoms with Crippen LogP contribution in [-0.4, -0.2) is 35.1 Å². The van der Waals surface area contributed by atoms with E-state index in [4.69, 9.17) is 0 Å². The van der Waals surface area contributed by atoms with E-state index in [-0.39, 0.29) is 18.6 Å². The first kappa shape index (κ1) is 12.9. The monoisotopic (exact) mass is 271 g/mol. The minimum Gasteiger partial charge on any atom is -0.394 e. The van der Waals surface area contributed by atoms with Crippen molar-refractivity contribution in [2.75, 3.05) is 13.2 Å². The standard InChI is InChI=1S/C12H17NO2S2/c14-7-9-4-2-1-3-5-13(9)12(15)11-6-10(16)8-17-11/h6,8-9,14,16H,1-5,7H2. The number of nitrogens with zero attached hydrogens (tertiary/aromatic N) is 1. The number of hydrogen-bond acceptors (Lipinski definition) is 4. The molecular formula is C12H17NO2S2. The van der Waals surface area contributed by atoms with Gasteiger partial charge in [-0.25, -0.2) is 0 Å². The molecule has 0 radical (unpaired) electrons. The summed E-state index contributed by atoms with van der Waals surface area (Å²) < 4.78 is 0. The van der Waals surface area contributed by atoms with E-state index in [2.05, 4.69) is 12.6 Å². The van der Waals surface area contributed by atoms with Gasteiger partial charge in [-0.05, 0) is 18.9 Å². The summed E-state index contributed by atoms with van der Waals surface area (Å²) in [6, 6.07) is 1.78. The number of likely N-dealkylation sites (tertiary alicyclic amines) is 1. The number of rotatable bonds is 2. The lowest BCUT2D eigenvalue weighted by molar-refractivity contribution is 0.0604. The van der Waals surface area contributed by atoms with Crippen LogP contribution >= 0.6 is 24.0 Å². The van der Waals surface area contributed by atoms with Crippen LogP contribution in [0.3, 0.4) is 0 Å². The first-order valence-electron chi connectivity index (χ1n) is 5.91. The van der Waals surface area contributed by atoms with Crippen LogP contribution in [0.5, 0.6) is 0 Å². The van der Waals surface area contributed by atoms with E-state index in [1.165, 1.54) is 11.3 Å². The zero-order valence-electron chi connectivity index (χ0n) is 9.63. The van der Waals surface area contributed by atoms with Crippen LogP contribution in [0.4, 0.5) is 0 Å².